The summed E-state index contributed by atoms with van der Waals surface area (Å²) < 4.78 is 13.7. The average molecular weight is 386 g/mol. The maximum atomic E-state index is 13.7. The molecule has 7 heteroatoms. The van der Waals surface area contributed by atoms with Crippen molar-refractivity contribution in [1.29, 1.82) is 0 Å². The fraction of sp³-hybridized carbons (Fsp3) is 0.300. The third kappa shape index (κ3) is 3.02. The second-order valence-electron chi connectivity index (χ2n) is 7.15. The van der Waals surface area contributed by atoms with Gasteiger partial charge in [0.25, 0.3) is 11.5 Å². The first-order valence-corrected chi connectivity index (χ1v) is 9.63. The summed E-state index contributed by atoms with van der Waals surface area (Å²) in [6.45, 7) is 3.79. The van der Waals surface area contributed by atoms with Crippen LogP contribution in [0.5, 0.6) is 5.75 Å². The van der Waals surface area contributed by atoms with E-state index in [9.17, 15) is 19.1 Å². The van der Waals surface area contributed by atoms with E-state index in [2.05, 4.69) is 17.2 Å². The van der Waals surface area contributed by atoms with Gasteiger partial charge in [-0.3, -0.25) is 9.59 Å². The Kier molecular flexibility index (Phi) is 4.26. The summed E-state index contributed by atoms with van der Waals surface area (Å²) in [5.41, 5.74) is 0.689. The Morgan fingerprint density at radius 3 is 2.93 bits per heavy atom. The maximum Gasteiger partial charge on any atom is 0.265 e. The van der Waals surface area contributed by atoms with Crippen LogP contribution in [-0.2, 0) is 12.8 Å². The van der Waals surface area contributed by atoms with E-state index in [1.807, 2.05) is 0 Å². The zero-order valence-corrected chi connectivity index (χ0v) is 15.8. The molecule has 1 aliphatic rings. The molecule has 1 aliphatic carbocycles. The van der Waals surface area contributed by atoms with Gasteiger partial charge in [-0.25, -0.2) is 4.39 Å². The topological polar surface area (TPSA) is 82.2 Å². The standard InChI is InChI=1S/C20H19FN2O3S/c1-9-3-6-12-14(7-9)27-20-15(12)17(24)16(19(26)23-20)18(25)22-11-5-4-10(2)13(21)8-11/h4-5,8-9H,3,6-7H2,1-2H3,(H,22,25)(H2,23,24,26)/t9-/m0/s1. The number of pyridine rings is 1. The minimum Gasteiger partial charge on any atom is -0.506 e. The monoisotopic (exact) mass is 386 g/mol. The minimum atomic E-state index is -0.761. The molecular formula is C20H19FN2O3S. The summed E-state index contributed by atoms with van der Waals surface area (Å²) in [5.74, 6) is -0.963. The van der Waals surface area contributed by atoms with Crippen LogP contribution in [0.25, 0.3) is 10.2 Å². The van der Waals surface area contributed by atoms with Gasteiger partial charge < -0.3 is 15.4 Å². The summed E-state index contributed by atoms with van der Waals surface area (Å²) >= 11 is 1.46. The van der Waals surface area contributed by atoms with E-state index in [0.717, 1.165) is 29.7 Å². The van der Waals surface area contributed by atoms with E-state index in [0.29, 0.717) is 21.7 Å². The highest BCUT2D eigenvalue weighted by atomic mass is 32.1. The molecule has 2 aromatic heterocycles. The van der Waals surface area contributed by atoms with Crippen LogP contribution in [0.15, 0.2) is 23.0 Å². The van der Waals surface area contributed by atoms with E-state index in [-0.39, 0.29) is 17.0 Å². The number of fused-ring (bicyclic) bond motifs is 3. The molecule has 0 unspecified atom stereocenters. The Hall–Kier alpha value is -2.67. The summed E-state index contributed by atoms with van der Waals surface area (Å²) in [4.78, 5) is 29.5. The molecule has 0 bridgehead atoms. The number of benzene rings is 1. The van der Waals surface area contributed by atoms with Gasteiger partial charge in [-0.05, 0) is 55.4 Å². The van der Waals surface area contributed by atoms with Crippen molar-refractivity contribution in [2.75, 3.05) is 5.32 Å². The number of aryl methyl sites for hydroxylation is 2. The molecule has 27 heavy (non-hydrogen) atoms. The molecule has 1 aromatic carbocycles. The number of H-pyrrole nitrogens is 1. The highest BCUT2D eigenvalue weighted by molar-refractivity contribution is 7.18. The third-order valence-electron chi connectivity index (χ3n) is 5.10. The van der Waals surface area contributed by atoms with Crippen LogP contribution >= 0.6 is 11.3 Å². The van der Waals surface area contributed by atoms with Gasteiger partial charge in [0.2, 0.25) is 0 Å². The molecule has 0 saturated carbocycles. The van der Waals surface area contributed by atoms with Crippen LogP contribution in [0.4, 0.5) is 10.1 Å². The summed E-state index contributed by atoms with van der Waals surface area (Å²) in [6.07, 6.45) is 2.71. The van der Waals surface area contributed by atoms with E-state index in [1.165, 1.54) is 23.5 Å². The Morgan fingerprint density at radius 2 is 2.19 bits per heavy atom. The molecule has 0 fully saturated rings. The number of carbonyl (C=O) groups excluding carboxylic acids is 1. The number of hydrogen-bond acceptors (Lipinski definition) is 4. The van der Waals surface area contributed by atoms with E-state index >= 15 is 0 Å². The molecule has 3 N–H and O–H groups in total. The molecular weight excluding hydrogens is 367 g/mol. The molecule has 0 radical (unpaired) electrons. The van der Waals surface area contributed by atoms with Crippen molar-refractivity contribution in [1.82, 2.24) is 4.98 Å². The Bertz CT molecular complexity index is 1130. The zero-order chi connectivity index (χ0) is 19.3. The van der Waals surface area contributed by atoms with Crippen LogP contribution in [0.2, 0.25) is 0 Å². The van der Waals surface area contributed by atoms with Gasteiger partial charge in [0.15, 0.2) is 0 Å². The van der Waals surface area contributed by atoms with Gasteiger partial charge in [0.05, 0.1) is 5.39 Å². The fourth-order valence-corrected chi connectivity index (χ4v) is 4.97. The van der Waals surface area contributed by atoms with Crippen molar-refractivity contribution in [2.45, 2.75) is 33.1 Å². The first-order chi connectivity index (χ1) is 12.8. The number of halogens is 1. The van der Waals surface area contributed by atoms with Gasteiger partial charge in [0.1, 0.15) is 22.0 Å². The summed E-state index contributed by atoms with van der Waals surface area (Å²) in [7, 11) is 0. The molecule has 0 spiro atoms. The second kappa shape index (κ2) is 6.49. The molecule has 0 saturated heterocycles. The van der Waals surface area contributed by atoms with Crippen LogP contribution in [0, 0.1) is 18.7 Å². The Balaban J connectivity index is 1.78. The molecule has 5 nitrogen and oxygen atoms in total. The van der Waals surface area contributed by atoms with Crippen molar-refractivity contribution < 1.29 is 14.3 Å². The molecule has 1 amide bonds. The number of hydrogen-bond donors (Lipinski definition) is 3. The van der Waals surface area contributed by atoms with Crippen molar-refractivity contribution in [3.05, 3.63) is 55.9 Å². The number of aromatic amines is 1. The Labute approximate surface area is 158 Å². The number of carbonyl (C=O) groups is 1. The highest BCUT2D eigenvalue weighted by Gasteiger charge is 2.27. The van der Waals surface area contributed by atoms with E-state index in [4.69, 9.17) is 0 Å². The molecule has 3 aromatic rings. The number of anilines is 1. The SMILES string of the molecule is Cc1ccc(NC(=O)c2c(O)c3c4c(sc3[nH]c2=O)C[C@@H](C)CC4)cc1F. The van der Waals surface area contributed by atoms with E-state index < -0.39 is 17.3 Å². The third-order valence-corrected chi connectivity index (χ3v) is 6.27. The average Bonchev–Trinajstić information content (AvgIpc) is 2.95. The van der Waals surface area contributed by atoms with Gasteiger partial charge >= 0.3 is 0 Å². The van der Waals surface area contributed by atoms with Crippen molar-refractivity contribution >= 4 is 33.1 Å². The van der Waals surface area contributed by atoms with E-state index in [1.54, 1.807) is 13.0 Å². The largest absolute Gasteiger partial charge is 0.506 e. The lowest BCUT2D eigenvalue weighted by molar-refractivity contribution is 0.102. The summed E-state index contributed by atoms with van der Waals surface area (Å²) in [6, 6.07) is 4.27. The van der Waals surface area contributed by atoms with Crippen molar-refractivity contribution in [3.8, 4) is 5.75 Å². The molecule has 1 atom stereocenters. The van der Waals surface area contributed by atoms with Gasteiger partial charge in [-0.2, -0.15) is 0 Å². The van der Waals surface area contributed by atoms with Crippen LogP contribution in [-0.4, -0.2) is 16.0 Å². The number of thiophene rings is 1. The van der Waals surface area contributed by atoms with Crippen molar-refractivity contribution in [3.63, 3.8) is 0 Å². The van der Waals surface area contributed by atoms with Gasteiger partial charge in [-0.15, -0.1) is 11.3 Å². The quantitative estimate of drug-likeness (QED) is 0.620. The number of amides is 1. The van der Waals surface area contributed by atoms with Crippen LogP contribution < -0.4 is 10.9 Å². The number of aromatic hydroxyl groups is 1. The fourth-order valence-electron chi connectivity index (χ4n) is 3.56. The smallest absolute Gasteiger partial charge is 0.265 e. The molecule has 0 aliphatic heterocycles. The molecule has 4 rings (SSSR count). The lowest BCUT2D eigenvalue weighted by atomic mass is 9.89. The number of nitrogens with one attached hydrogen (secondary N) is 2. The normalized spacial score (nSPS) is 16.3. The lowest BCUT2D eigenvalue weighted by Gasteiger charge is -2.18. The van der Waals surface area contributed by atoms with Crippen molar-refractivity contribution in [2.24, 2.45) is 5.92 Å². The first-order valence-electron chi connectivity index (χ1n) is 8.82. The lowest BCUT2D eigenvalue weighted by Crippen LogP contribution is -2.23. The predicted octanol–water partition coefficient (Wildman–Crippen LogP) is 4.12. The summed E-state index contributed by atoms with van der Waals surface area (Å²) in [5, 5.41) is 13.8. The maximum absolute atomic E-state index is 13.7. The van der Waals surface area contributed by atoms with Gasteiger partial charge in [0, 0.05) is 10.6 Å². The van der Waals surface area contributed by atoms with Crippen LogP contribution in [0.1, 0.15) is 39.7 Å². The minimum absolute atomic E-state index is 0.225. The second-order valence-corrected chi connectivity index (χ2v) is 8.26. The molecule has 2 heterocycles. The zero-order valence-electron chi connectivity index (χ0n) is 15.0. The number of aromatic nitrogens is 1. The van der Waals surface area contributed by atoms with Crippen LogP contribution in [0.3, 0.4) is 0 Å². The highest BCUT2D eigenvalue weighted by Crippen LogP contribution is 2.41. The predicted molar refractivity (Wildman–Crippen MR) is 104 cm³/mol. The number of rotatable bonds is 2. The van der Waals surface area contributed by atoms with Gasteiger partial charge in [-0.1, -0.05) is 13.0 Å². The molecule has 140 valence electrons. The first kappa shape index (κ1) is 17.7. The Morgan fingerprint density at radius 1 is 1.41 bits per heavy atom.